The number of benzene rings is 2. The van der Waals surface area contributed by atoms with E-state index in [4.69, 9.17) is 14.6 Å². The first-order valence-electron chi connectivity index (χ1n) is 7.71. The normalized spacial score (nSPS) is 10.3. The predicted molar refractivity (Wildman–Crippen MR) is 96.9 cm³/mol. The molecule has 0 aliphatic carbocycles. The third-order valence-corrected chi connectivity index (χ3v) is 3.19. The van der Waals surface area contributed by atoms with Crippen LogP contribution < -0.4 is 20.2 Å². The van der Waals surface area contributed by atoms with Crippen molar-refractivity contribution < 1.29 is 29.0 Å². The Morgan fingerprint density at radius 1 is 1.07 bits per heavy atom. The van der Waals surface area contributed by atoms with E-state index in [1.54, 1.807) is 48.5 Å². The van der Waals surface area contributed by atoms with Crippen molar-refractivity contribution in [2.75, 3.05) is 19.0 Å². The first kappa shape index (κ1) is 19.4. The second-order valence-electron chi connectivity index (χ2n) is 5.10. The fourth-order valence-electron chi connectivity index (χ4n) is 1.93. The van der Waals surface area contributed by atoms with Crippen LogP contribution in [0.15, 0.2) is 53.6 Å². The van der Waals surface area contributed by atoms with Gasteiger partial charge in [-0.05, 0) is 36.4 Å². The zero-order valence-corrected chi connectivity index (χ0v) is 14.3. The molecule has 0 aliphatic heterocycles. The fourth-order valence-corrected chi connectivity index (χ4v) is 1.93. The van der Waals surface area contributed by atoms with Gasteiger partial charge in [-0.3, -0.25) is 9.59 Å². The predicted octanol–water partition coefficient (Wildman–Crippen LogP) is 1.25. The number of anilines is 1. The molecule has 0 spiro atoms. The average molecular weight is 371 g/mol. The van der Waals surface area contributed by atoms with Gasteiger partial charge in [-0.2, -0.15) is 5.10 Å². The Hall–Kier alpha value is -3.88. The molecule has 140 valence electrons. The highest BCUT2D eigenvalue weighted by molar-refractivity contribution is 6.39. The Morgan fingerprint density at radius 2 is 1.78 bits per heavy atom. The number of hydrazone groups is 1. The summed E-state index contributed by atoms with van der Waals surface area (Å²) in [5.74, 6) is -2.09. The van der Waals surface area contributed by atoms with Crippen LogP contribution >= 0.6 is 0 Å². The smallest absolute Gasteiger partial charge is 0.341 e. The Bertz CT molecular complexity index is 848. The zero-order chi connectivity index (χ0) is 19.6. The summed E-state index contributed by atoms with van der Waals surface area (Å²) in [7, 11) is 1.52. The summed E-state index contributed by atoms with van der Waals surface area (Å²) < 4.78 is 10.1. The van der Waals surface area contributed by atoms with Gasteiger partial charge in [0.05, 0.1) is 13.3 Å². The third kappa shape index (κ3) is 6.16. The number of aliphatic carboxylic acids is 1. The lowest BCUT2D eigenvalue weighted by atomic mass is 10.2. The maximum absolute atomic E-state index is 11.8. The van der Waals surface area contributed by atoms with Crippen LogP contribution in [0.5, 0.6) is 11.5 Å². The summed E-state index contributed by atoms with van der Waals surface area (Å²) in [4.78, 5) is 34.2. The lowest BCUT2D eigenvalue weighted by Crippen LogP contribution is -2.32. The average Bonchev–Trinajstić information content (AvgIpc) is 2.67. The minimum atomic E-state index is -1.12. The highest BCUT2D eigenvalue weighted by Gasteiger charge is 2.13. The van der Waals surface area contributed by atoms with Gasteiger partial charge in [0.1, 0.15) is 11.5 Å². The molecule has 0 atom stereocenters. The van der Waals surface area contributed by atoms with E-state index in [1.807, 2.05) is 0 Å². The van der Waals surface area contributed by atoms with Gasteiger partial charge >= 0.3 is 17.8 Å². The number of carbonyl (C=O) groups is 3. The van der Waals surface area contributed by atoms with Crippen molar-refractivity contribution in [1.82, 2.24) is 5.43 Å². The third-order valence-electron chi connectivity index (χ3n) is 3.19. The van der Waals surface area contributed by atoms with Crippen LogP contribution in [0.4, 0.5) is 5.69 Å². The molecule has 2 aromatic carbocycles. The number of nitrogens with one attached hydrogen (secondary N) is 2. The lowest BCUT2D eigenvalue weighted by molar-refractivity contribution is -0.139. The molecule has 0 aliphatic rings. The molecule has 2 rings (SSSR count). The highest BCUT2D eigenvalue weighted by Crippen LogP contribution is 2.16. The molecule has 0 aromatic heterocycles. The van der Waals surface area contributed by atoms with Gasteiger partial charge in [-0.25, -0.2) is 10.2 Å². The van der Waals surface area contributed by atoms with E-state index in [0.29, 0.717) is 17.0 Å². The Kier molecular flexibility index (Phi) is 6.89. The number of carboxylic acids is 1. The molecule has 0 radical (unpaired) electrons. The van der Waals surface area contributed by atoms with Crippen LogP contribution in [-0.4, -0.2) is 42.8 Å². The van der Waals surface area contributed by atoms with Gasteiger partial charge in [0.2, 0.25) is 0 Å². The van der Waals surface area contributed by atoms with Gasteiger partial charge in [0.25, 0.3) is 0 Å². The second kappa shape index (κ2) is 9.56. The molecule has 9 heteroatoms. The number of methoxy groups -OCH3 is 1. The Balaban J connectivity index is 1.92. The molecule has 0 saturated heterocycles. The van der Waals surface area contributed by atoms with E-state index >= 15 is 0 Å². The number of nitrogens with zero attached hydrogens (tertiary/aromatic N) is 1. The van der Waals surface area contributed by atoms with Crippen molar-refractivity contribution in [2.45, 2.75) is 0 Å². The molecule has 9 nitrogen and oxygen atoms in total. The van der Waals surface area contributed by atoms with Crippen molar-refractivity contribution in [1.29, 1.82) is 0 Å². The minimum absolute atomic E-state index is 0.278. The van der Waals surface area contributed by atoms with E-state index < -0.39 is 24.4 Å². The maximum atomic E-state index is 11.8. The van der Waals surface area contributed by atoms with Gasteiger partial charge < -0.3 is 19.9 Å². The second-order valence-corrected chi connectivity index (χ2v) is 5.10. The Labute approximate surface area is 154 Å². The van der Waals surface area contributed by atoms with E-state index in [-0.39, 0.29) is 5.75 Å². The molecule has 2 aromatic rings. The monoisotopic (exact) mass is 371 g/mol. The number of rotatable bonds is 7. The summed E-state index contributed by atoms with van der Waals surface area (Å²) in [6, 6.07) is 13.0. The summed E-state index contributed by atoms with van der Waals surface area (Å²) in [6.45, 7) is -0.512. The van der Waals surface area contributed by atoms with Crippen molar-refractivity contribution >= 4 is 29.7 Å². The number of hydrogen-bond donors (Lipinski definition) is 3. The summed E-state index contributed by atoms with van der Waals surface area (Å²) >= 11 is 0. The maximum Gasteiger partial charge on any atom is 0.341 e. The van der Waals surface area contributed by atoms with Crippen LogP contribution in [0.2, 0.25) is 0 Å². The fraction of sp³-hybridized carbons (Fsp3) is 0.111. The molecule has 27 heavy (non-hydrogen) atoms. The van der Waals surface area contributed by atoms with Crippen molar-refractivity contribution in [3.63, 3.8) is 0 Å². The molecule has 0 fully saturated rings. The molecular formula is C18H17N3O6. The minimum Gasteiger partial charge on any atom is -0.497 e. The van der Waals surface area contributed by atoms with Gasteiger partial charge in [-0.15, -0.1) is 0 Å². The highest BCUT2D eigenvalue weighted by atomic mass is 16.5. The van der Waals surface area contributed by atoms with Crippen LogP contribution in [-0.2, 0) is 14.4 Å². The number of para-hydroxylation sites is 1. The van der Waals surface area contributed by atoms with E-state index in [1.165, 1.54) is 13.3 Å². The molecule has 3 N–H and O–H groups in total. The topological polar surface area (TPSA) is 126 Å². The van der Waals surface area contributed by atoms with Crippen LogP contribution in [0.3, 0.4) is 0 Å². The number of carbonyl (C=O) groups excluding carboxylic acids is 2. The summed E-state index contributed by atoms with van der Waals surface area (Å²) in [6.07, 6.45) is 1.25. The number of carboxylic acid groups (broad SMARTS) is 1. The SMILES string of the molecule is COc1ccc(NC(=O)C(=O)N/N=C\c2ccccc2OCC(=O)O)cc1. The van der Waals surface area contributed by atoms with Crippen molar-refractivity contribution in [3.05, 3.63) is 54.1 Å². The number of amides is 2. The summed E-state index contributed by atoms with van der Waals surface area (Å²) in [5.41, 5.74) is 2.95. The van der Waals surface area contributed by atoms with Crippen LogP contribution in [0.1, 0.15) is 5.56 Å². The van der Waals surface area contributed by atoms with E-state index in [9.17, 15) is 14.4 Å². The molecule has 0 heterocycles. The molecule has 0 saturated carbocycles. The van der Waals surface area contributed by atoms with Gasteiger partial charge in [-0.1, -0.05) is 12.1 Å². The number of ether oxygens (including phenoxy) is 2. The molecule has 2 amide bonds. The molecule has 0 unspecified atom stereocenters. The van der Waals surface area contributed by atoms with Gasteiger partial charge in [0.15, 0.2) is 6.61 Å². The zero-order valence-electron chi connectivity index (χ0n) is 14.3. The molecule has 0 bridgehead atoms. The van der Waals surface area contributed by atoms with E-state index in [2.05, 4.69) is 15.8 Å². The first-order valence-corrected chi connectivity index (χ1v) is 7.71. The van der Waals surface area contributed by atoms with E-state index in [0.717, 1.165) is 0 Å². The molecular weight excluding hydrogens is 354 g/mol. The quantitative estimate of drug-likeness (QED) is 0.382. The summed E-state index contributed by atoms with van der Waals surface area (Å²) in [5, 5.41) is 14.8. The van der Waals surface area contributed by atoms with Gasteiger partial charge in [0, 0.05) is 11.3 Å². The van der Waals surface area contributed by atoms with Crippen molar-refractivity contribution in [2.24, 2.45) is 5.10 Å². The van der Waals surface area contributed by atoms with Crippen LogP contribution in [0.25, 0.3) is 0 Å². The van der Waals surface area contributed by atoms with Crippen molar-refractivity contribution in [3.8, 4) is 11.5 Å². The Morgan fingerprint density at radius 3 is 2.44 bits per heavy atom. The first-order chi connectivity index (χ1) is 13.0. The lowest BCUT2D eigenvalue weighted by Gasteiger charge is -2.06. The largest absolute Gasteiger partial charge is 0.497 e. The van der Waals surface area contributed by atoms with Crippen LogP contribution in [0, 0.1) is 0 Å². The standard InChI is InChI=1S/C18H17N3O6/c1-26-14-8-6-13(7-9-14)20-17(24)18(25)21-19-10-12-4-2-3-5-15(12)27-11-16(22)23/h2-10H,11H2,1H3,(H,20,24)(H,21,25)(H,22,23)/b19-10-. The number of hydrogen-bond acceptors (Lipinski definition) is 6.